The minimum Gasteiger partial charge on any atom is -0.336 e. The zero-order chi connectivity index (χ0) is 19.3. The first-order valence-electron chi connectivity index (χ1n) is 8.88. The molecule has 2 amide bonds. The van der Waals surface area contributed by atoms with Crippen molar-refractivity contribution in [1.82, 2.24) is 19.9 Å². The monoisotopic (exact) mass is 375 g/mol. The fourth-order valence-electron chi connectivity index (χ4n) is 3.00. The quantitative estimate of drug-likeness (QED) is 0.553. The Balaban J connectivity index is 1.49. The Bertz CT molecular complexity index is 1110. The van der Waals surface area contributed by atoms with Gasteiger partial charge in [0.1, 0.15) is 17.2 Å². The molecule has 0 saturated heterocycles. The molecule has 0 atom stereocenters. The molecular formula is C21H18FN5O. The van der Waals surface area contributed by atoms with Crippen LogP contribution in [-0.2, 0) is 6.54 Å². The minimum absolute atomic E-state index is 0.364. The van der Waals surface area contributed by atoms with Gasteiger partial charge in [-0.3, -0.25) is 0 Å². The number of benzene rings is 2. The van der Waals surface area contributed by atoms with Crippen molar-refractivity contribution in [1.29, 1.82) is 0 Å². The summed E-state index contributed by atoms with van der Waals surface area (Å²) in [6.45, 7) is 0.858. The molecule has 4 aromatic rings. The summed E-state index contributed by atoms with van der Waals surface area (Å²) in [5.74, 6) is 0.392. The van der Waals surface area contributed by atoms with E-state index in [1.54, 1.807) is 18.3 Å². The highest BCUT2D eigenvalue weighted by Gasteiger charge is 2.13. The normalized spacial score (nSPS) is 10.8. The van der Waals surface area contributed by atoms with Gasteiger partial charge < -0.3 is 15.2 Å². The number of hydrogen-bond donors (Lipinski definition) is 2. The Hall–Kier alpha value is -3.74. The second kappa shape index (κ2) is 7.87. The van der Waals surface area contributed by atoms with Crippen molar-refractivity contribution in [3.05, 3.63) is 78.7 Å². The van der Waals surface area contributed by atoms with Crippen LogP contribution in [0.3, 0.4) is 0 Å². The lowest BCUT2D eigenvalue weighted by Crippen LogP contribution is -2.31. The minimum atomic E-state index is -0.402. The Kier molecular flexibility index (Phi) is 4.97. The number of anilines is 1. The Morgan fingerprint density at radius 3 is 2.71 bits per heavy atom. The van der Waals surface area contributed by atoms with E-state index in [0.29, 0.717) is 18.8 Å². The highest BCUT2D eigenvalue weighted by atomic mass is 19.1. The van der Waals surface area contributed by atoms with E-state index >= 15 is 0 Å². The van der Waals surface area contributed by atoms with Gasteiger partial charge in [-0.25, -0.2) is 19.2 Å². The highest BCUT2D eigenvalue weighted by Crippen LogP contribution is 2.23. The molecule has 0 bridgehead atoms. The summed E-state index contributed by atoms with van der Waals surface area (Å²) in [6, 6.07) is 19.0. The molecule has 0 radical (unpaired) electrons. The Morgan fingerprint density at radius 2 is 1.89 bits per heavy atom. The summed E-state index contributed by atoms with van der Waals surface area (Å²) in [7, 11) is 0. The van der Waals surface area contributed by atoms with Crippen LogP contribution in [0.4, 0.5) is 14.9 Å². The molecule has 0 saturated carbocycles. The van der Waals surface area contributed by atoms with Crippen LogP contribution >= 0.6 is 0 Å². The number of nitrogens with one attached hydrogen (secondary N) is 2. The zero-order valence-corrected chi connectivity index (χ0v) is 15.0. The van der Waals surface area contributed by atoms with Crippen molar-refractivity contribution in [2.24, 2.45) is 0 Å². The second-order valence-electron chi connectivity index (χ2n) is 6.19. The van der Waals surface area contributed by atoms with Crippen LogP contribution < -0.4 is 10.6 Å². The van der Waals surface area contributed by atoms with Crippen LogP contribution in [0.5, 0.6) is 0 Å². The van der Waals surface area contributed by atoms with Gasteiger partial charge in [-0.15, -0.1) is 0 Å². The lowest BCUT2D eigenvalue weighted by molar-refractivity contribution is 0.251. The maximum Gasteiger partial charge on any atom is 0.319 e. The number of rotatable bonds is 5. The number of carbonyl (C=O) groups excluding carboxylic acids is 1. The molecule has 140 valence electrons. The standard InChI is InChI=1S/C21H18FN5O/c22-16-8-4-9-17(14-16)25-21(28)24-12-13-27-19(15-6-2-1-3-7-15)26-18-10-5-11-23-20(18)27/h1-11,14H,12-13H2,(H2,24,25,28). The Labute approximate surface area is 161 Å². The van der Waals surface area contributed by atoms with Crippen molar-refractivity contribution in [2.45, 2.75) is 6.54 Å². The van der Waals surface area contributed by atoms with Crippen LogP contribution in [0.15, 0.2) is 72.9 Å². The third kappa shape index (κ3) is 3.83. The van der Waals surface area contributed by atoms with E-state index in [2.05, 4.69) is 20.6 Å². The summed E-state index contributed by atoms with van der Waals surface area (Å²) in [5, 5.41) is 5.40. The molecule has 2 aromatic carbocycles. The molecule has 6 nitrogen and oxygen atoms in total. The summed E-state index contributed by atoms with van der Waals surface area (Å²) < 4.78 is 15.2. The van der Waals surface area contributed by atoms with Crippen LogP contribution in [0.25, 0.3) is 22.6 Å². The molecule has 2 heterocycles. The first-order valence-corrected chi connectivity index (χ1v) is 8.88. The van der Waals surface area contributed by atoms with Gasteiger partial charge in [0.05, 0.1) is 0 Å². The van der Waals surface area contributed by atoms with Gasteiger partial charge in [0.25, 0.3) is 0 Å². The predicted molar refractivity (Wildman–Crippen MR) is 106 cm³/mol. The number of amides is 2. The van der Waals surface area contributed by atoms with Gasteiger partial charge >= 0.3 is 6.03 Å². The zero-order valence-electron chi connectivity index (χ0n) is 15.0. The van der Waals surface area contributed by atoms with E-state index in [1.165, 1.54) is 12.1 Å². The van der Waals surface area contributed by atoms with E-state index in [0.717, 1.165) is 22.6 Å². The molecule has 28 heavy (non-hydrogen) atoms. The molecule has 0 aliphatic rings. The molecule has 0 unspecified atom stereocenters. The van der Waals surface area contributed by atoms with Gasteiger partial charge in [0.15, 0.2) is 5.65 Å². The number of hydrogen-bond acceptors (Lipinski definition) is 3. The molecule has 2 N–H and O–H groups in total. The largest absolute Gasteiger partial charge is 0.336 e. The average molecular weight is 375 g/mol. The molecular weight excluding hydrogens is 357 g/mol. The van der Waals surface area contributed by atoms with E-state index in [9.17, 15) is 9.18 Å². The molecule has 0 aliphatic carbocycles. The maximum atomic E-state index is 13.2. The second-order valence-corrected chi connectivity index (χ2v) is 6.19. The van der Waals surface area contributed by atoms with Crippen LogP contribution in [0, 0.1) is 5.82 Å². The fraction of sp³-hybridized carbons (Fsp3) is 0.0952. The lowest BCUT2D eigenvalue weighted by atomic mass is 10.2. The number of carbonyl (C=O) groups is 1. The number of pyridine rings is 1. The molecule has 0 spiro atoms. The average Bonchev–Trinajstić information content (AvgIpc) is 3.07. The third-order valence-corrected chi connectivity index (χ3v) is 4.24. The van der Waals surface area contributed by atoms with Crippen molar-refractivity contribution in [3.8, 4) is 11.4 Å². The smallest absolute Gasteiger partial charge is 0.319 e. The number of nitrogens with zero attached hydrogens (tertiary/aromatic N) is 3. The summed E-state index contributed by atoms with van der Waals surface area (Å²) in [4.78, 5) is 21.2. The molecule has 7 heteroatoms. The van der Waals surface area contributed by atoms with Gasteiger partial charge in [0.2, 0.25) is 0 Å². The van der Waals surface area contributed by atoms with E-state index in [-0.39, 0.29) is 0 Å². The molecule has 0 aliphatic heterocycles. The number of aromatic nitrogens is 3. The van der Waals surface area contributed by atoms with Gasteiger partial charge in [-0.05, 0) is 30.3 Å². The van der Waals surface area contributed by atoms with Gasteiger partial charge in [0, 0.05) is 30.5 Å². The van der Waals surface area contributed by atoms with Gasteiger partial charge in [-0.2, -0.15) is 0 Å². The van der Waals surface area contributed by atoms with Gasteiger partial charge in [-0.1, -0.05) is 36.4 Å². The topological polar surface area (TPSA) is 71.8 Å². The van der Waals surface area contributed by atoms with Crippen molar-refractivity contribution in [3.63, 3.8) is 0 Å². The fourth-order valence-corrected chi connectivity index (χ4v) is 3.00. The van der Waals surface area contributed by atoms with Crippen molar-refractivity contribution in [2.75, 3.05) is 11.9 Å². The molecule has 4 rings (SSSR count). The number of imidazole rings is 1. The highest BCUT2D eigenvalue weighted by molar-refractivity contribution is 5.89. The maximum absolute atomic E-state index is 13.2. The van der Waals surface area contributed by atoms with E-state index in [4.69, 9.17) is 0 Å². The van der Waals surface area contributed by atoms with E-state index < -0.39 is 11.8 Å². The predicted octanol–water partition coefficient (Wildman–Crippen LogP) is 4.06. The summed E-state index contributed by atoms with van der Waals surface area (Å²) >= 11 is 0. The number of halogens is 1. The SMILES string of the molecule is O=C(NCCn1c(-c2ccccc2)nc2cccnc21)Nc1cccc(F)c1. The number of fused-ring (bicyclic) bond motifs is 1. The molecule has 2 aromatic heterocycles. The first kappa shape index (κ1) is 17.7. The third-order valence-electron chi connectivity index (χ3n) is 4.24. The number of urea groups is 1. The van der Waals surface area contributed by atoms with Crippen LogP contribution in [-0.4, -0.2) is 27.1 Å². The van der Waals surface area contributed by atoms with Crippen LogP contribution in [0.2, 0.25) is 0 Å². The van der Waals surface area contributed by atoms with Crippen molar-refractivity contribution < 1.29 is 9.18 Å². The van der Waals surface area contributed by atoms with Crippen LogP contribution in [0.1, 0.15) is 0 Å². The van der Waals surface area contributed by atoms with E-state index in [1.807, 2.05) is 47.0 Å². The molecule has 0 fully saturated rings. The Morgan fingerprint density at radius 1 is 1.04 bits per heavy atom. The van der Waals surface area contributed by atoms with Crippen molar-refractivity contribution >= 4 is 22.9 Å². The first-order chi connectivity index (χ1) is 13.7. The lowest BCUT2D eigenvalue weighted by Gasteiger charge is -2.11. The summed E-state index contributed by atoms with van der Waals surface area (Å²) in [5.41, 5.74) is 2.93. The summed E-state index contributed by atoms with van der Waals surface area (Å²) in [6.07, 6.45) is 1.72.